The van der Waals surface area contributed by atoms with Crippen LogP contribution in [-0.4, -0.2) is 23.1 Å². The van der Waals surface area contributed by atoms with E-state index in [0.29, 0.717) is 0 Å². The molecule has 0 aromatic rings. The van der Waals surface area contributed by atoms with Gasteiger partial charge in [0, 0.05) is 0 Å². The van der Waals surface area contributed by atoms with Gasteiger partial charge in [-0.05, 0) is 13.3 Å². The molecule has 0 aliphatic heterocycles. The third-order valence-electron chi connectivity index (χ3n) is 0. The third-order valence-corrected chi connectivity index (χ3v) is 0. The maximum absolute atomic E-state index is 5.96. The molecule has 0 amide bonds. The van der Waals surface area contributed by atoms with E-state index in [4.69, 9.17) is 6.42 Å². The van der Waals surface area contributed by atoms with Gasteiger partial charge in [-0.2, -0.15) is 0 Å². The average Bonchev–Trinajstić information content (AvgIpc) is 0.918. The van der Waals surface area contributed by atoms with Crippen LogP contribution in [0.1, 0.15) is 6.92 Å². The van der Waals surface area contributed by atoms with E-state index in [2.05, 4.69) is 0 Å². The Morgan fingerprint density at radius 1 is 1.75 bits per heavy atom. The normalized spacial score (nSPS) is 2.00. The Labute approximate surface area is 42.7 Å². The van der Waals surface area contributed by atoms with Gasteiger partial charge >= 0.3 is 23.1 Å². The first-order chi connectivity index (χ1) is 1.41. The first-order valence-corrected chi connectivity index (χ1v) is 0.750. The lowest BCUT2D eigenvalue weighted by molar-refractivity contribution is 1.92. The van der Waals surface area contributed by atoms with E-state index in [9.17, 15) is 0 Å². The SMILES string of the molecule is [C]#CC.[MgH2]. The topological polar surface area (TPSA) is 0 Å². The van der Waals surface area contributed by atoms with Gasteiger partial charge in [0.15, 0.2) is 0 Å². The molecular weight excluding hydrogens is 60.3 g/mol. The summed E-state index contributed by atoms with van der Waals surface area (Å²) in [4.78, 5) is 0. The van der Waals surface area contributed by atoms with E-state index in [1.54, 1.807) is 6.92 Å². The van der Waals surface area contributed by atoms with Gasteiger partial charge in [0.05, 0.1) is 0 Å². The lowest BCUT2D eigenvalue weighted by Crippen LogP contribution is -1.09. The number of hydrogen-bond acceptors (Lipinski definition) is 0. The molecule has 0 spiro atoms. The molecule has 1 heteroatoms. The number of hydrogen-bond donors (Lipinski definition) is 0. The van der Waals surface area contributed by atoms with E-state index in [1.165, 1.54) is 0 Å². The minimum atomic E-state index is 0. The van der Waals surface area contributed by atoms with Gasteiger partial charge in [-0.15, -0.1) is 0 Å². The van der Waals surface area contributed by atoms with Crippen molar-refractivity contribution in [3.63, 3.8) is 0 Å². The largest absolute Gasteiger partial charge is 0.316 e. The number of rotatable bonds is 0. The van der Waals surface area contributed by atoms with Crippen LogP contribution < -0.4 is 0 Å². The standard InChI is InChI=1S/C3H3.Mg.2H/c1-3-2;;;/h1H3;;;. The van der Waals surface area contributed by atoms with Gasteiger partial charge in [-0.3, -0.25) is 0 Å². The van der Waals surface area contributed by atoms with E-state index in [1.807, 2.05) is 5.92 Å². The lowest BCUT2D eigenvalue weighted by Gasteiger charge is -1.20. The summed E-state index contributed by atoms with van der Waals surface area (Å²) in [5.41, 5.74) is 0. The van der Waals surface area contributed by atoms with Gasteiger partial charge < -0.3 is 0 Å². The second-order valence-corrected chi connectivity index (χ2v) is 0.250. The molecule has 0 aliphatic carbocycles. The molecule has 0 saturated carbocycles. The summed E-state index contributed by atoms with van der Waals surface area (Å²) < 4.78 is 0. The van der Waals surface area contributed by atoms with Crippen LogP contribution in [0.4, 0.5) is 0 Å². The van der Waals surface area contributed by atoms with Crippen LogP contribution in [0.15, 0.2) is 0 Å². The Morgan fingerprint density at radius 3 is 1.75 bits per heavy atom. The molecule has 0 atom stereocenters. The molecule has 0 aromatic carbocycles. The summed E-state index contributed by atoms with van der Waals surface area (Å²) >= 11 is 0. The third kappa shape index (κ3) is 38.4. The van der Waals surface area contributed by atoms with Crippen LogP contribution in [0.25, 0.3) is 0 Å². The van der Waals surface area contributed by atoms with Crippen LogP contribution in [0, 0.1) is 12.3 Å². The lowest BCUT2D eigenvalue weighted by atomic mass is 10.9. The van der Waals surface area contributed by atoms with E-state index in [0.717, 1.165) is 0 Å². The summed E-state index contributed by atoms with van der Waals surface area (Å²) in [6.45, 7) is 1.54. The zero-order chi connectivity index (χ0) is 2.71. The average molecular weight is 65.4 g/mol. The highest BCUT2D eigenvalue weighted by atomic mass is 24.3. The van der Waals surface area contributed by atoms with E-state index < -0.39 is 0 Å². The second-order valence-electron chi connectivity index (χ2n) is 0.250. The Hall–Kier alpha value is 0.326. The highest BCUT2D eigenvalue weighted by Crippen LogP contribution is 1.22. The van der Waals surface area contributed by atoms with Gasteiger partial charge in [-0.1, -0.05) is 5.92 Å². The first kappa shape index (κ1) is 8.85. The molecular formula is C3H5Mg. The van der Waals surface area contributed by atoms with Crippen LogP contribution in [0.2, 0.25) is 0 Å². The van der Waals surface area contributed by atoms with Crippen molar-refractivity contribution < 1.29 is 0 Å². The van der Waals surface area contributed by atoms with Crippen molar-refractivity contribution in [3.05, 3.63) is 6.42 Å². The van der Waals surface area contributed by atoms with Gasteiger partial charge in [0.2, 0.25) is 0 Å². The highest BCUT2D eigenvalue weighted by Gasteiger charge is 1.11. The van der Waals surface area contributed by atoms with Crippen LogP contribution in [0.3, 0.4) is 0 Å². The zero-order valence-electron chi connectivity index (χ0n) is 2.00. The minimum Gasteiger partial charge on any atom is -0.0925 e. The van der Waals surface area contributed by atoms with Crippen molar-refractivity contribution in [3.8, 4) is 5.92 Å². The fraction of sp³-hybridized carbons (Fsp3) is 0.333. The van der Waals surface area contributed by atoms with Crippen LogP contribution in [0.5, 0.6) is 0 Å². The Bertz CT molecular complexity index is 24.8. The van der Waals surface area contributed by atoms with Gasteiger partial charge in [-0.25, -0.2) is 0 Å². The van der Waals surface area contributed by atoms with Gasteiger partial charge in [0.1, 0.15) is 0 Å². The maximum atomic E-state index is 5.96. The van der Waals surface area contributed by atoms with Crippen molar-refractivity contribution in [2.45, 2.75) is 6.92 Å². The van der Waals surface area contributed by atoms with Gasteiger partial charge in [0.25, 0.3) is 0 Å². The summed E-state index contributed by atoms with van der Waals surface area (Å²) in [6.07, 6.45) is 5.96. The molecule has 0 fully saturated rings. The Kier molecular flexibility index (Phi) is 22.6. The molecule has 1 radical (unpaired) electrons. The summed E-state index contributed by atoms with van der Waals surface area (Å²) in [6, 6.07) is 0. The quantitative estimate of drug-likeness (QED) is 0.268. The Morgan fingerprint density at radius 2 is 1.75 bits per heavy atom. The maximum Gasteiger partial charge on any atom is 0.316 e. The summed E-state index contributed by atoms with van der Waals surface area (Å²) in [7, 11) is 0. The zero-order valence-corrected chi connectivity index (χ0v) is 2.00. The van der Waals surface area contributed by atoms with Crippen molar-refractivity contribution in [1.82, 2.24) is 0 Å². The highest BCUT2D eigenvalue weighted by molar-refractivity contribution is 5.75. The molecule has 0 bridgehead atoms. The van der Waals surface area contributed by atoms with Crippen molar-refractivity contribution in [2.24, 2.45) is 0 Å². The van der Waals surface area contributed by atoms with E-state index in [-0.39, 0.29) is 23.1 Å². The fourth-order valence-corrected chi connectivity index (χ4v) is 0. The molecule has 4 heavy (non-hydrogen) atoms. The van der Waals surface area contributed by atoms with Crippen molar-refractivity contribution in [2.75, 3.05) is 0 Å². The Balaban J connectivity index is 0. The predicted octanol–water partition coefficient (Wildman–Crippen LogP) is -0.320. The summed E-state index contributed by atoms with van der Waals surface area (Å²) in [5.74, 6) is 2.00. The molecule has 0 aromatic heterocycles. The monoisotopic (exact) mass is 65.0 g/mol. The van der Waals surface area contributed by atoms with E-state index >= 15 is 0 Å². The smallest absolute Gasteiger partial charge is 0.0925 e. The van der Waals surface area contributed by atoms with Crippen LogP contribution in [-0.2, 0) is 0 Å². The molecule has 0 rings (SSSR count). The molecule has 0 unspecified atom stereocenters. The molecule has 0 aliphatic rings. The summed E-state index contributed by atoms with van der Waals surface area (Å²) in [5, 5.41) is 0. The molecule has 0 saturated heterocycles. The second kappa shape index (κ2) is 10.2. The predicted molar refractivity (Wildman–Crippen MR) is 21.3 cm³/mol. The molecule has 0 N–H and O–H groups in total. The first-order valence-electron chi connectivity index (χ1n) is 0.750. The fourth-order valence-electron chi connectivity index (χ4n) is 0. The van der Waals surface area contributed by atoms with Crippen molar-refractivity contribution in [1.29, 1.82) is 0 Å². The molecule has 0 nitrogen and oxygen atoms in total. The van der Waals surface area contributed by atoms with Crippen molar-refractivity contribution >= 4 is 23.1 Å². The molecule has 19 valence electrons. The molecule has 0 heterocycles. The van der Waals surface area contributed by atoms with Crippen LogP contribution >= 0.6 is 0 Å². The minimum absolute atomic E-state index is 0.